The molecule has 0 heterocycles. The second kappa shape index (κ2) is 3.75. The Labute approximate surface area is 76.2 Å². The molecule has 0 radical (unpaired) electrons. The van der Waals surface area contributed by atoms with E-state index in [1.165, 1.54) is 0 Å². The number of aliphatic hydroxyl groups is 1. The molecule has 0 aromatic heterocycles. The average Bonchev–Trinajstić information content (AvgIpc) is 1.80. The lowest BCUT2D eigenvalue weighted by atomic mass is 9.73. The van der Waals surface area contributed by atoms with Gasteiger partial charge in [0.15, 0.2) is 0 Å². The van der Waals surface area contributed by atoms with Crippen molar-refractivity contribution in [2.75, 3.05) is 6.54 Å². The summed E-state index contributed by atoms with van der Waals surface area (Å²) in [6.45, 7) is 11.0. The van der Waals surface area contributed by atoms with Crippen LogP contribution in [0.25, 0.3) is 0 Å². The summed E-state index contributed by atoms with van der Waals surface area (Å²) in [5.41, 5.74) is 5.60. The zero-order chi connectivity index (χ0) is 9.99. The fraction of sp³-hybridized carbons (Fsp3) is 1.00. The van der Waals surface area contributed by atoms with Gasteiger partial charge in [0.2, 0.25) is 0 Å². The predicted molar refractivity (Wildman–Crippen MR) is 52.9 cm³/mol. The van der Waals surface area contributed by atoms with Gasteiger partial charge in [-0.2, -0.15) is 0 Å². The molecule has 2 nitrogen and oxygen atoms in total. The fourth-order valence-corrected chi connectivity index (χ4v) is 1.80. The molecule has 0 aromatic carbocycles. The molecule has 0 bridgehead atoms. The van der Waals surface area contributed by atoms with E-state index in [0.29, 0.717) is 6.54 Å². The number of aliphatic hydroxyl groups excluding tert-OH is 1. The van der Waals surface area contributed by atoms with Crippen LogP contribution < -0.4 is 5.73 Å². The van der Waals surface area contributed by atoms with Crippen molar-refractivity contribution in [3.05, 3.63) is 0 Å². The van der Waals surface area contributed by atoms with Crippen LogP contribution in [0.2, 0.25) is 0 Å². The van der Waals surface area contributed by atoms with Crippen molar-refractivity contribution < 1.29 is 5.11 Å². The molecule has 0 aliphatic carbocycles. The Balaban J connectivity index is 4.22. The predicted octanol–water partition coefficient (Wildman–Crippen LogP) is 1.77. The molecule has 0 aliphatic rings. The van der Waals surface area contributed by atoms with E-state index in [9.17, 15) is 5.11 Å². The molecular weight excluding hydrogens is 150 g/mol. The topological polar surface area (TPSA) is 46.2 Å². The maximum absolute atomic E-state index is 9.62. The van der Waals surface area contributed by atoms with Crippen molar-refractivity contribution in [1.82, 2.24) is 0 Å². The van der Waals surface area contributed by atoms with Crippen LogP contribution in [0.3, 0.4) is 0 Å². The van der Waals surface area contributed by atoms with Gasteiger partial charge in [0.1, 0.15) is 0 Å². The highest BCUT2D eigenvalue weighted by Gasteiger charge is 2.31. The smallest absolute Gasteiger partial charge is 0.0713 e. The Morgan fingerprint density at radius 1 is 1.17 bits per heavy atom. The lowest BCUT2D eigenvalue weighted by Crippen LogP contribution is -2.38. The summed E-state index contributed by atoms with van der Waals surface area (Å²) in [5, 5.41) is 9.62. The molecule has 1 unspecified atom stereocenters. The molecule has 0 saturated heterocycles. The number of hydrogen-bond donors (Lipinski definition) is 2. The first-order chi connectivity index (χ1) is 5.19. The van der Waals surface area contributed by atoms with Gasteiger partial charge >= 0.3 is 0 Å². The van der Waals surface area contributed by atoms with Crippen LogP contribution in [0, 0.1) is 10.8 Å². The summed E-state index contributed by atoms with van der Waals surface area (Å²) in [7, 11) is 0. The quantitative estimate of drug-likeness (QED) is 0.683. The van der Waals surface area contributed by atoms with Gasteiger partial charge in [0.05, 0.1) is 6.10 Å². The highest BCUT2D eigenvalue weighted by Crippen LogP contribution is 2.35. The van der Waals surface area contributed by atoms with Gasteiger partial charge in [-0.15, -0.1) is 0 Å². The first-order valence-electron chi connectivity index (χ1n) is 4.57. The van der Waals surface area contributed by atoms with Crippen LogP contribution in [0.15, 0.2) is 0 Å². The molecule has 2 heteroatoms. The number of nitrogens with two attached hydrogens (primary N) is 1. The van der Waals surface area contributed by atoms with E-state index in [0.717, 1.165) is 6.42 Å². The van der Waals surface area contributed by atoms with E-state index in [4.69, 9.17) is 5.73 Å². The van der Waals surface area contributed by atoms with Gasteiger partial charge in [0.25, 0.3) is 0 Å². The maximum atomic E-state index is 9.62. The van der Waals surface area contributed by atoms with Crippen LogP contribution in [0.1, 0.15) is 41.0 Å². The second-order valence-electron chi connectivity index (χ2n) is 5.48. The van der Waals surface area contributed by atoms with Crippen molar-refractivity contribution in [1.29, 1.82) is 0 Å². The Morgan fingerprint density at radius 3 is 1.83 bits per heavy atom. The van der Waals surface area contributed by atoms with E-state index in [-0.39, 0.29) is 10.8 Å². The molecule has 0 aromatic rings. The fourth-order valence-electron chi connectivity index (χ4n) is 1.80. The zero-order valence-electron chi connectivity index (χ0n) is 9.02. The third kappa shape index (κ3) is 4.07. The first kappa shape index (κ1) is 11.9. The van der Waals surface area contributed by atoms with Crippen molar-refractivity contribution in [3.8, 4) is 0 Å². The molecule has 0 amide bonds. The zero-order valence-corrected chi connectivity index (χ0v) is 9.02. The Kier molecular flexibility index (Phi) is 3.73. The van der Waals surface area contributed by atoms with Gasteiger partial charge in [-0.05, 0) is 17.3 Å². The first-order valence-corrected chi connectivity index (χ1v) is 4.57. The molecule has 3 N–H and O–H groups in total. The third-order valence-electron chi connectivity index (χ3n) is 2.11. The van der Waals surface area contributed by atoms with E-state index < -0.39 is 6.10 Å². The molecule has 12 heavy (non-hydrogen) atoms. The van der Waals surface area contributed by atoms with Crippen LogP contribution in [-0.2, 0) is 0 Å². The van der Waals surface area contributed by atoms with E-state index in [1.807, 2.05) is 0 Å². The molecule has 0 rings (SSSR count). The SMILES string of the molecule is CC(C)(C)CC(C)(C)C(O)CN. The van der Waals surface area contributed by atoms with Crippen LogP contribution in [-0.4, -0.2) is 17.8 Å². The second-order valence-corrected chi connectivity index (χ2v) is 5.48. The van der Waals surface area contributed by atoms with Crippen molar-refractivity contribution in [2.24, 2.45) is 16.6 Å². The molecule has 0 fully saturated rings. The van der Waals surface area contributed by atoms with Crippen LogP contribution >= 0.6 is 0 Å². The van der Waals surface area contributed by atoms with Crippen LogP contribution in [0.5, 0.6) is 0 Å². The molecule has 0 spiro atoms. The Bertz CT molecular complexity index is 135. The van der Waals surface area contributed by atoms with Crippen molar-refractivity contribution in [3.63, 3.8) is 0 Å². The lowest BCUT2D eigenvalue weighted by Gasteiger charge is -2.35. The minimum Gasteiger partial charge on any atom is -0.391 e. The standard InChI is InChI=1S/C10H23NO/c1-9(2,3)7-10(4,5)8(12)6-11/h8,12H,6-7,11H2,1-5H3. The lowest BCUT2D eigenvalue weighted by molar-refractivity contribution is 0.0276. The summed E-state index contributed by atoms with van der Waals surface area (Å²) in [6.07, 6.45) is 0.593. The summed E-state index contributed by atoms with van der Waals surface area (Å²) in [4.78, 5) is 0. The summed E-state index contributed by atoms with van der Waals surface area (Å²) >= 11 is 0. The summed E-state index contributed by atoms with van der Waals surface area (Å²) in [5.74, 6) is 0. The van der Waals surface area contributed by atoms with Crippen molar-refractivity contribution in [2.45, 2.75) is 47.1 Å². The van der Waals surface area contributed by atoms with E-state index in [2.05, 4.69) is 34.6 Å². The number of hydrogen-bond acceptors (Lipinski definition) is 2. The molecule has 0 saturated carbocycles. The minimum absolute atomic E-state index is 0.0764. The molecule has 0 aliphatic heterocycles. The Hall–Kier alpha value is -0.0800. The number of rotatable bonds is 3. The van der Waals surface area contributed by atoms with Gasteiger partial charge in [-0.25, -0.2) is 0 Å². The summed E-state index contributed by atoms with van der Waals surface area (Å²) < 4.78 is 0. The average molecular weight is 173 g/mol. The van der Waals surface area contributed by atoms with Gasteiger partial charge in [0, 0.05) is 6.54 Å². The molecule has 74 valence electrons. The largest absolute Gasteiger partial charge is 0.391 e. The van der Waals surface area contributed by atoms with Crippen molar-refractivity contribution >= 4 is 0 Å². The van der Waals surface area contributed by atoms with E-state index >= 15 is 0 Å². The molecule has 1 atom stereocenters. The normalized spacial score (nSPS) is 16.2. The van der Waals surface area contributed by atoms with Gasteiger partial charge < -0.3 is 10.8 Å². The molecular formula is C10H23NO. The summed E-state index contributed by atoms with van der Waals surface area (Å²) in [6, 6.07) is 0. The highest BCUT2D eigenvalue weighted by atomic mass is 16.3. The van der Waals surface area contributed by atoms with Gasteiger partial charge in [-0.1, -0.05) is 34.6 Å². The maximum Gasteiger partial charge on any atom is 0.0713 e. The highest BCUT2D eigenvalue weighted by molar-refractivity contribution is 4.82. The Morgan fingerprint density at radius 2 is 1.58 bits per heavy atom. The van der Waals surface area contributed by atoms with E-state index in [1.54, 1.807) is 0 Å². The van der Waals surface area contributed by atoms with Gasteiger partial charge in [-0.3, -0.25) is 0 Å². The third-order valence-corrected chi connectivity index (χ3v) is 2.11. The monoisotopic (exact) mass is 173 g/mol. The van der Waals surface area contributed by atoms with Crippen LogP contribution in [0.4, 0.5) is 0 Å². The minimum atomic E-state index is -0.392.